The molecule has 2 aromatic carbocycles. The van der Waals surface area contributed by atoms with Crippen LogP contribution in [0.4, 0.5) is 5.69 Å². The minimum atomic E-state index is -0.520. The first kappa shape index (κ1) is 14.4. The quantitative estimate of drug-likeness (QED) is 0.660. The molecule has 4 N–H and O–H groups in total. The number of carbonyl (C=O) groups excluding carboxylic acids is 2. The summed E-state index contributed by atoms with van der Waals surface area (Å²) < 4.78 is 10.2. The van der Waals surface area contributed by atoms with E-state index >= 15 is 0 Å². The number of esters is 1. The Morgan fingerprint density at radius 2 is 1.62 bits per heavy atom. The molecule has 0 atom stereocenters. The van der Waals surface area contributed by atoms with Gasteiger partial charge in [-0.3, -0.25) is 4.79 Å². The minimum Gasteiger partial charge on any atom is -0.465 e. The monoisotopic (exact) mass is 286 g/mol. The average molecular weight is 286 g/mol. The van der Waals surface area contributed by atoms with Gasteiger partial charge in [-0.1, -0.05) is 0 Å². The van der Waals surface area contributed by atoms with E-state index in [1.165, 1.54) is 25.3 Å². The molecule has 0 bridgehead atoms. The highest BCUT2D eigenvalue weighted by Gasteiger charge is 2.10. The van der Waals surface area contributed by atoms with Gasteiger partial charge in [-0.25, -0.2) is 4.79 Å². The van der Waals surface area contributed by atoms with Gasteiger partial charge in [0, 0.05) is 5.56 Å². The summed E-state index contributed by atoms with van der Waals surface area (Å²) in [5, 5.41) is 0. The maximum absolute atomic E-state index is 11.5. The van der Waals surface area contributed by atoms with Crippen LogP contribution in [0.25, 0.3) is 0 Å². The van der Waals surface area contributed by atoms with Gasteiger partial charge in [0.2, 0.25) is 5.91 Å². The molecule has 0 aliphatic carbocycles. The van der Waals surface area contributed by atoms with Crippen molar-refractivity contribution >= 4 is 17.6 Å². The fourth-order valence-electron chi connectivity index (χ4n) is 1.68. The van der Waals surface area contributed by atoms with Crippen LogP contribution < -0.4 is 16.2 Å². The van der Waals surface area contributed by atoms with Crippen molar-refractivity contribution in [3.8, 4) is 11.5 Å². The lowest BCUT2D eigenvalue weighted by atomic mass is 10.2. The molecule has 21 heavy (non-hydrogen) atoms. The Labute approximate surface area is 121 Å². The molecule has 0 heterocycles. The minimum absolute atomic E-state index is 0.324. The van der Waals surface area contributed by atoms with E-state index in [0.29, 0.717) is 28.3 Å². The molecule has 6 heteroatoms. The van der Waals surface area contributed by atoms with Gasteiger partial charge in [-0.15, -0.1) is 0 Å². The molecule has 0 fully saturated rings. The second kappa shape index (κ2) is 5.96. The Kier molecular flexibility index (Phi) is 4.08. The van der Waals surface area contributed by atoms with Gasteiger partial charge >= 0.3 is 5.97 Å². The summed E-state index contributed by atoms with van der Waals surface area (Å²) in [4.78, 5) is 22.5. The third kappa shape index (κ3) is 3.30. The second-order valence-electron chi connectivity index (χ2n) is 4.23. The van der Waals surface area contributed by atoms with Crippen LogP contribution in [0.2, 0.25) is 0 Å². The molecule has 2 aromatic rings. The first-order chi connectivity index (χ1) is 10.0. The molecule has 0 aliphatic heterocycles. The normalized spacial score (nSPS) is 9.95. The van der Waals surface area contributed by atoms with Gasteiger partial charge in [0.1, 0.15) is 5.75 Å². The summed E-state index contributed by atoms with van der Waals surface area (Å²) in [6, 6.07) is 10.8. The molecule has 0 aliphatic rings. The lowest BCUT2D eigenvalue weighted by Crippen LogP contribution is -2.10. The summed E-state index contributed by atoms with van der Waals surface area (Å²) in [7, 11) is 1.29. The number of benzene rings is 2. The van der Waals surface area contributed by atoms with Gasteiger partial charge in [0.05, 0.1) is 18.4 Å². The number of hydrogen-bond donors (Lipinski definition) is 2. The molecule has 1 amide bonds. The van der Waals surface area contributed by atoms with Crippen LogP contribution in [0.1, 0.15) is 20.7 Å². The number of carbonyl (C=O) groups is 2. The van der Waals surface area contributed by atoms with E-state index in [2.05, 4.69) is 4.74 Å². The largest absolute Gasteiger partial charge is 0.465 e. The van der Waals surface area contributed by atoms with E-state index < -0.39 is 11.9 Å². The van der Waals surface area contributed by atoms with Gasteiger partial charge in [0.15, 0.2) is 5.75 Å². The van der Waals surface area contributed by atoms with Crippen molar-refractivity contribution in [2.24, 2.45) is 5.73 Å². The van der Waals surface area contributed by atoms with E-state index in [-0.39, 0.29) is 0 Å². The first-order valence-electron chi connectivity index (χ1n) is 6.07. The number of rotatable bonds is 4. The smallest absolute Gasteiger partial charge is 0.337 e. The van der Waals surface area contributed by atoms with Crippen LogP contribution in [0, 0.1) is 0 Å². The molecule has 0 unspecified atom stereocenters. The Morgan fingerprint density at radius 1 is 1.00 bits per heavy atom. The van der Waals surface area contributed by atoms with Crippen LogP contribution in [0.5, 0.6) is 11.5 Å². The zero-order valence-corrected chi connectivity index (χ0v) is 11.3. The first-order valence-corrected chi connectivity index (χ1v) is 6.07. The standard InChI is InChI=1S/C15H14N2O4/c1-20-15(19)10-4-7-12(16)13(8-10)21-11-5-2-9(3-6-11)14(17)18/h2-8H,16H2,1H3,(H2,17,18). The van der Waals surface area contributed by atoms with Gasteiger partial charge in [0.25, 0.3) is 0 Å². The Hall–Kier alpha value is -3.02. The number of ether oxygens (including phenoxy) is 2. The Balaban J connectivity index is 2.26. The van der Waals surface area contributed by atoms with Crippen molar-refractivity contribution in [1.29, 1.82) is 0 Å². The van der Waals surface area contributed by atoms with Crippen molar-refractivity contribution in [1.82, 2.24) is 0 Å². The molecule has 6 nitrogen and oxygen atoms in total. The van der Waals surface area contributed by atoms with E-state index in [0.717, 1.165) is 0 Å². The fraction of sp³-hybridized carbons (Fsp3) is 0.0667. The lowest BCUT2D eigenvalue weighted by molar-refractivity contribution is 0.0600. The summed E-state index contributed by atoms with van der Waals surface area (Å²) in [5.74, 6) is -0.212. The van der Waals surface area contributed by atoms with Gasteiger partial charge in [-0.2, -0.15) is 0 Å². The SMILES string of the molecule is COC(=O)c1ccc(N)c(Oc2ccc(C(N)=O)cc2)c1. The highest BCUT2D eigenvalue weighted by molar-refractivity contribution is 5.93. The third-order valence-corrected chi connectivity index (χ3v) is 2.80. The zero-order chi connectivity index (χ0) is 15.4. The van der Waals surface area contributed by atoms with Crippen molar-refractivity contribution in [3.63, 3.8) is 0 Å². The van der Waals surface area contributed by atoms with Gasteiger partial charge < -0.3 is 20.9 Å². The number of amides is 1. The number of anilines is 1. The highest BCUT2D eigenvalue weighted by Crippen LogP contribution is 2.28. The number of hydrogen-bond acceptors (Lipinski definition) is 5. The fourth-order valence-corrected chi connectivity index (χ4v) is 1.68. The van der Waals surface area contributed by atoms with Crippen LogP contribution in [0.3, 0.4) is 0 Å². The summed E-state index contributed by atoms with van der Waals surface area (Å²) in [5.41, 5.74) is 12.0. The summed E-state index contributed by atoms with van der Waals surface area (Å²) in [6.45, 7) is 0. The molecule has 108 valence electrons. The van der Waals surface area contributed by atoms with Crippen LogP contribution in [0.15, 0.2) is 42.5 Å². The van der Waals surface area contributed by atoms with E-state index in [9.17, 15) is 9.59 Å². The molecule has 0 spiro atoms. The van der Waals surface area contributed by atoms with Crippen molar-refractivity contribution in [2.75, 3.05) is 12.8 Å². The van der Waals surface area contributed by atoms with Crippen molar-refractivity contribution in [3.05, 3.63) is 53.6 Å². The summed E-state index contributed by atoms with van der Waals surface area (Å²) >= 11 is 0. The summed E-state index contributed by atoms with van der Waals surface area (Å²) in [6.07, 6.45) is 0. The number of primary amides is 1. The van der Waals surface area contributed by atoms with Crippen LogP contribution in [-0.4, -0.2) is 19.0 Å². The van der Waals surface area contributed by atoms with Gasteiger partial charge in [-0.05, 0) is 42.5 Å². The highest BCUT2D eigenvalue weighted by atomic mass is 16.5. The van der Waals surface area contributed by atoms with E-state index in [1.807, 2.05) is 0 Å². The van der Waals surface area contributed by atoms with Crippen LogP contribution in [-0.2, 0) is 4.74 Å². The van der Waals surface area contributed by atoms with Crippen molar-refractivity contribution < 1.29 is 19.1 Å². The topological polar surface area (TPSA) is 105 Å². The molecular weight excluding hydrogens is 272 g/mol. The lowest BCUT2D eigenvalue weighted by Gasteiger charge is -2.10. The third-order valence-electron chi connectivity index (χ3n) is 2.80. The number of nitrogens with two attached hydrogens (primary N) is 2. The molecule has 0 saturated heterocycles. The molecule has 0 saturated carbocycles. The Bertz CT molecular complexity index is 681. The van der Waals surface area contributed by atoms with Crippen molar-refractivity contribution in [2.45, 2.75) is 0 Å². The average Bonchev–Trinajstić information content (AvgIpc) is 2.49. The Morgan fingerprint density at radius 3 is 2.19 bits per heavy atom. The zero-order valence-electron chi connectivity index (χ0n) is 11.3. The molecule has 2 rings (SSSR count). The van der Waals surface area contributed by atoms with E-state index in [4.69, 9.17) is 16.2 Å². The molecule has 0 aromatic heterocycles. The number of nitrogen functional groups attached to an aromatic ring is 1. The molecular formula is C15H14N2O4. The van der Waals surface area contributed by atoms with Crippen LogP contribution >= 0.6 is 0 Å². The predicted octanol–water partition coefficient (Wildman–Crippen LogP) is 1.95. The number of methoxy groups -OCH3 is 1. The van der Waals surface area contributed by atoms with E-state index in [1.54, 1.807) is 24.3 Å². The predicted molar refractivity (Wildman–Crippen MR) is 77.2 cm³/mol. The maximum atomic E-state index is 11.5. The maximum Gasteiger partial charge on any atom is 0.337 e. The molecule has 0 radical (unpaired) electrons. The second-order valence-corrected chi connectivity index (χ2v) is 4.23.